The first-order valence-corrected chi connectivity index (χ1v) is 11.0. The van der Waals surface area contributed by atoms with Gasteiger partial charge >= 0.3 is 0 Å². The fourth-order valence-electron chi connectivity index (χ4n) is 4.77. The number of fused-ring (bicyclic) bond motifs is 1. The van der Waals surface area contributed by atoms with Gasteiger partial charge in [-0.05, 0) is 52.9 Å². The second-order valence-corrected chi connectivity index (χ2v) is 8.02. The van der Waals surface area contributed by atoms with Crippen molar-refractivity contribution in [3.63, 3.8) is 0 Å². The molecule has 3 aromatic carbocycles. The number of methoxy groups -OCH3 is 4. The average molecular weight is 450 g/mol. The Bertz CT molecular complexity index is 1090. The Morgan fingerprint density at radius 3 is 2.09 bits per heavy atom. The van der Waals surface area contributed by atoms with E-state index in [0.29, 0.717) is 17.2 Å². The molecule has 174 valence electrons. The second kappa shape index (κ2) is 10.1. The van der Waals surface area contributed by atoms with Crippen molar-refractivity contribution >= 4 is 0 Å². The molecule has 1 aliphatic heterocycles. The minimum Gasteiger partial charge on any atom is -0.493 e. The second-order valence-electron chi connectivity index (χ2n) is 8.02. The Kier molecular flexibility index (Phi) is 7.06. The average Bonchev–Trinajstić information content (AvgIpc) is 2.88. The van der Waals surface area contributed by atoms with Crippen LogP contribution in [0.15, 0.2) is 60.7 Å². The number of aliphatic hydroxyl groups is 1. The summed E-state index contributed by atoms with van der Waals surface area (Å²) in [6, 6.07) is 20.0. The number of nitrogens with zero attached hydrogens (tertiary/aromatic N) is 1. The summed E-state index contributed by atoms with van der Waals surface area (Å²) in [6.07, 6.45) is 0.836. The molecular weight excluding hydrogens is 418 g/mol. The third kappa shape index (κ3) is 4.36. The maximum atomic E-state index is 10.5. The summed E-state index contributed by atoms with van der Waals surface area (Å²) in [4.78, 5) is 2.35. The Balaban J connectivity index is 1.89. The van der Waals surface area contributed by atoms with Crippen molar-refractivity contribution in [1.82, 2.24) is 4.90 Å². The molecule has 0 fully saturated rings. The maximum absolute atomic E-state index is 10.5. The van der Waals surface area contributed by atoms with Crippen LogP contribution < -0.4 is 18.9 Å². The predicted molar refractivity (Wildman–Crippen MR) is 128 cm³/mol. The monoisotopic (exact) mass is 449 g/mol. The lowest BCUT2D eigenvalue weighted by molar-refractivity contribution is 0.0900. The largest absolute Gasteiger partial charge is 0.493 e. The van der Waals surface area contributed by atoms with Crippen LogP contribution in [0, 0.1) is 0 Å². The number of hydrogen-bond donors (Lipinski definition) is 1. The summed E-state index contributed by atoms with van der Waals surface area (Å²) in [5.74, 6) is 2.75. The van der Waals surface area contributed by atoms with Crippen molar-refractivity contribution in [2.24, 2.45) is 0 Å². The van der Waals surface area contributed by atoms with E-state index in [1.54, 1.807) is 28.4 Å². The molecule has 0 aromatic heterocycles. The van der Waals surface area contributed by atoms with E-state index in [4.69, 9.17) is 18.9 Å². The van der Waals surface area contributed by atoms with Gasteiger partial charge in [-0.1, -0.05) is 36.4 Å². The molecule has 4 rings (SSSR count). The molecule has 6 heteroatoms. The molecule has 3 aromatic rings. The van der Waals surface area contributed by atoms with Crippen LogP contribution in [0.1, 0.15) is 34.3 Å². The first-order chi connectivity index (χ1) is 16.1. The van der Waals surface area contributed by atoms with Gasteiger partial charge in [0.25, 0.3) is 0 Å². The quantitative estimate of drug-likeness (QED) is 0.550. The van der Waals surface area contributed by atoms with Gasteiger partial charge in [-0.2, -0.15) is 0 Å². The number of ether oxygens (including phenoxy) is 4. The fraction of sp³-hybridized carbons (Fsp3) is 0.333. The van der Waals surface area contributed by atoms with Crippen molar-refractivity contribution in [2.75, 3.05) is 41.6 Å². The minimum atomic E-state index is -0.162. The van der Waals surface area contributed by atoms with Gasteiger partial charge in [0.1, 0.15) is 0 Å². The first kappa shape index (κ1) is 23.0. The molecule has 0 unspecified atom stereocenters. The number of aliphatic hydroxyl groups excluding tert-OH is 1. The Morgan fingerprint density at radius 1 is 0.818 bits per heavy atom. The van der Waals surface area contributed by atoms with Crippen LogP contribution in [0.25, 0.3) is 0 Å². The SMILES string of the molecule is COc1ccc([C@H]2c3cc(OC)c(OC)cc3CCN2[C@H](CO)c2ccccc2)cc1OC. The van der Waals surface area contributed by atoms with Crippen molar-refractivity contribution in [2.45, 2.75) is 18.5 Å². The number of benzene rings is 3. The molecule has 0 amide bonds. The third-order valence-corrected chi connectivity index (χ3v) is 6.39. The van der Waals surface area contributed by atoms with Crippen LogP contribution in [-0.2, 0) is 6.42 Å². The van der Waals surface area contributed by atoms with Gasteiger partial charge in [-0.15, -0.1) is 0 Å². The van der Waals surface area contributed by atoms with Gasteiger partial charge in [0.05, 0.1) is 47.1 Å². The molecule has 1 N–H and O–H groups in total. The molecular formula is C27H31NO5. The van der Waals surface area contributed by atoms with E-state index in [0.717, 1.165) is 35.4 Å². The van der Waals surface area contributed by atoms with E-state index in [2.05, 4.69) is 35.2 Å². The van der Waals surface area contributed by atoms with E-state index in [-0.39, 0.29) is 18.7 Å². The zero-order valence-corrected chi connectivity index (χ0v) is 19.6. The summed E-state index contributed by atoms with van der Waals surface area (Å²) < 4.78 is 22.3. The molecule has 0 bridgehead atoms. The number of rotatable bonds is 8. The van der Waals surface area contributed by atoms with Crippen molar-refractivity contribution in [3.8, 4) is 23.0 Å². The standard InChI is InChI=1S/C27H31NO5/c1-30-23-11-10-20(15-24(23)31-2)27-21-16-26(33-4)25(32-3)14-19(21)12-13-28(27)22(17-29)18-8-6-5-7-9-18/h5-11,14-16,22,27,29H,12-13,17H2,1-4H3/t22-,27+/m1/s1. The molecule has 0 spiro atoms. The van der Waals surface area contributed by atoms with Crippen LogP contribution in [-0.4, -0.2) is 51.6 Å². The minimum absolute atomic E-state index is 0.0103. The van der Waals surface area contributed by atoms with Crippen molar-refractivity contribution < 1.29 is 24.1 Å². The fourth-order valence-corrected chi connectivity index (χ4v) is 4.77. The van der Waals surface area contributed by atoms with Crippen LogP contribution in [0.5, 0.6) is 23.0 Å². The molecule has 1 aliphatic rings. The smallest absolute Gasteiger partial charge is 0.161 e. The van der Waals surface area contributed by atoms with Gasteiger partial charge in [0.15, 0.2) is 23.0 Å². The Labute approximate surface area is 195 Å². The molecule has 33 heavy (non-hydrogen) atoms. The molecule has 1 heterocycles. The summed E-state index contributed by atoms with van der Waals surface area (Å²) in [5, 5.41) is 10.5. The van der Waals surface area contributed by atoms with Gasteiger partial charge in [-0.25, -0.2) is 0 Å². The summed E-state index contributed by atoms with van der Waals surface area (Å²) >= 11 is 0. The lowest BCUT2D eigenvalue weighted by Gasteiger charge is -2.42. The summed E-state index contributed by atoms with van der Waals surface area (Å²) in [6.45, 7) is 0.790. The topological polar surface area (TPSA) is 60.4 Å². The van der Waals surface area contributed by atoms with Gasteiger partial charge in [0.2, 0.25) is 0 Å². The summed E-state index contributed by atoms with van der Waals surface area (Å²) in [7, 11) is 6.58. The zero-order valence-electron chi connectivity index (χ0n) is 19.6. The molecule has 0 saturated carbocycles. The maximum Gasteiger partial charge on any atom is 0.161 e. The van der Waals surface area contributed by atoms with E-state index >= 15 is 0 Å². The van der Waals surface area contributed by atoms with Crippen LogP contribution in [0.3, 0.4) is 0 Å². The lowest BCUT2D eigenvalue weighted by atomic mass is 9.85. The highest BCUT2D eigenvalue weighted by molar-refractivity contribution is 5.53. The van der Waals surface area contributed by atoms with E-state index in [1.165, 1.54) is 5.56 Å². The molecule has 0 saturated heterocycles. The first-order valence-electron chi connectivity index (χ1n) is 11.0. The zero-order chi connectivity index (χ0) is 23.4. The molecule has 0 radical (unpaired) electrons. The lowest BCUT2D eigenvalue weighted by Crippen LogP contribution is -2.40. The van der Waals surface area contributed by atoms with Crippen molar-refractivity contribution in [3.05, 3.63) is 82.9 Å². The highest BCUT2D eigenvalue weighted by Gasteiger charge is 2.35. The van der Waals surface area contributed by atoms with Crippen molar-refractivity contribution in [1.29, 1.82) is 0 Å². The molecule has 2 atom stereocenters. The molecule has 6 nitrogen and oxygen atoms in total. The van der Waals surface area contributed by atoms with Gasteiger partial charge in [0, 0.05) is 6.54 Å². The summed E-state index contributed by atoms with van der Waals surface area (Å²) in [5.41, 5.74) is 4.46. The van der Waals surface area contributed by atoms with Crippen LogP contribution >= 0.6 is 0 Å². The van der Waals surface area contributed by atoms with E-state index in [9.17, 15) is 5.11 Å². The Morgan fingerprint density at radius 2 is 1.45 bits per heavy atom. The van der Waals surface area contributed by atoms with E-state index < -0.39 is 0 Å². The Hall–Kier alpha value is -3.22. The molecule has 0 aliphatic carbocycles. The van der Waals surface area contributed by atoms with Gasteiger partial charge in [-0.3, -0.25) is 4.90 Å². The number of hydrogen-bond acceptors (Lipinski definition) is 6. The van der Waals surface area contributed by atoms with Gasteiger partial charge < -0.3 is 24.1 Å². The van der Waals surface area contributed by atoms with E-state index in [1.807, 2.05) is 30.3 Å². The predicted octanol–water partition coefficient (Wildman–Crippen LogP) is 4.40. The van der Waals surface area contributed by atoms with Crippen LogP contribution in [0.2, 0.25) is 0 Å². The highest BCUT2D eigenvalue weighted by Crippen LogP contribution is 2.45. The normalized spacial score (nSPS) is 16.6. The highest BCUT2D eigenvalue weighted by atomic mass is 16.5. The van der Waals surface area contributed by atoms with Crippen LogP contribution in [0.4, 0.5) is 0 Å². The third-order valence-electron chi connectivity index (χ3n) is 6.39.